The average molecular weight is 652 g/mol. The monoisotopic (exact) mass is 651 g/mol. The summed E-state index contributed by atoms with van der Waals surface area (Å²) in [6.07, 6.45) is 7.46. The molecule has 2 aromatic rings. The van der Waals surface area contributed by atoms with Gasteiger partial charge in [0.25, 0.3) is 5.91 Å². The zero-order valence-corrected chi connectivity index (χ0v) is 28.4. The van der Waals surface area contributed by atoms with Gasteiger partial charge in [0.05, 0.1) is 30.4 Å². The maximum Gasteiger partial charge on any atom is 0.323 e. The van der Waals surface area contributed by atoms with Gasteiger partial charge in [-0.2, -0.15) is 0 Å². The molecule has 1 aliphatic carbocycles. The first-order valence-electron chi connectivity index (χ1n) is 17.1. The number of carbonyl (C=O) groups excluding carboxylic acids is 3. The van der Waals surface area contributed by atoms with Gasteiger partial charge in [0.15, 0.2) is 0 Å². The van der Waals surface area contributed by atoms with E-state index >= 15 is 0 Å². The summed E-state index contributed by atoms with van der Waals surface area (Å²) in [5.74, 6) is -0.0720. The number of likely N-dealkylation sites (N-methyl/N-ethyl adjacent to an activating group) is 1. The van der Waals surface area contributed by atoms with E-state index in [1.807, 2.05) is 32.0 Å². The van der Waals surface area contributed by atoms with Gasteiger partial charge in [-0.1, -0.05) is 44.4 Å². The van der Waals surface area contributed by atoms with Gasteiger partial charge < -0.3 is 40.3 Å². The van der Waals surface area contributed by atoms with Crippen LogP contribution in [-0.2, 0) is 4.74 Å². The number of hydrogen-bond donors (Lipinski definition) is 4. The number of urea groups is 2. The van der Waals surface area contributed by atoms with Crippen LogP contribution in [-0.4, -0.2) is 90.5 Å². The average Bonchev–Trinajstić information content (AvgIpc) is 3.06. The molecular formula is C36H53N5O6. The molecule has 4 atom stereocenters. The van der Waals surface area contributed by atoms with E-state index in [4.69, 9.17) is 9.47 Å². The van der Waals surface area contributed by atoms with Gasteiger partial charge >= 0.3 is 12.1 Å². The van der Waals surface area contributed by atoms with Gasteiger partial charge in [-0.15, -0.1) is 0 Å². The Morgan fingerprint density at radius 1 is 0.979 bits per heavy atom. The number of amides is 5. The second-order valence-electron chi connectivity index (χ2n) is 13.1. The second-order valence-corrected chi connectivity index (χ2v) is 13.1. The van der Waals surface area contributed by atoms with E-state index in [-0.39, 0.29) is 49.3 Å². The molecule has 11 heteroatoms. The van der Waals surface area contributed by atoms with Crippen molar-refractivity contribution in [2.75, 3.05) is 44.0 Å². The smallest absolute Gasteiger partial charge is 0.323 e. The van der Waals surface area contributed by atoms with Crippen LogP contribution < -0.4 is 20.7 Å². The summed E-state index contributed by atoms with van der Waals surface area (Å²) in [7, 11) is 1.79. The fourth-order valence-corrected chi connectivity index (χ4v) is 6.16. The predicted molar refractivity (Wildman–Crippen MR) is 184 cm³/mol. The summed E-state index contributed by atoms with van der Waals surface area (Å²) in [5.41, 5.74) is 1.36. The molecule has 4 rings (SSSR count). The number of para-hydroxylation sites is 1. The van der Waals surface area contributed by atoms with E-state index in [1.165, 1.54) is 6.42 Å². The third-order valence-corrected chi connectivity index (χ3v) is 9.07. The highest BCUT2D eigenvalue weighted by Crippen LogP contribution is 2.29. The number of nitrogens with zero attached hydrogens (tertiary/aromatic N) is 2. The van der Waals surface area contributed by atoms with Crippen molar-refractivity contribution in [3.63, 3.8) is 0 Å². The van der Waals surface area contributed by atoms with Crippen molar-refractivity contribution in [3.05, 3.63) is 54.1 Å². The van der Waals surface area contributed by atoms with Crippen LogP contribution in [0.25, 0.3) is 0 Å². The Morgan fingerprint density at radius 3 is 2.40 bits per heavy atom. The number of benzene rings is 2. The lowest BCUT2D eigenvalue weighted by Crippen LogP contribution is -2.50. The summed E-state index contributed by atoms with van der Waals surface area (Å²) in [4.78, 5) is 43.6. The van der Waals surface area contributed by atoms with Gasteiger partial charge in [-0.25, -0.2) is 9.59 Å². The first-order valence-corrected chi connectivity index (χ1v) is 17.1. The Hall–Kier alpha value is -3.83. The molecule has 1 aliphatic heterocycles. The summed E-state index contributed by atoms with van der Waals surface area (Å²) < 4.78 is 12.7. The molecule has 0 saturated heterocycles. The van der Waals surface area contributed by atoms with Crippen LogP contribution in [0, 0.1) is 5.92 Å². The first kappa shape index (κ1) is 36.0. The number of anilines is 2. The zero-order chi connectivity index (χ0) is 33.8. The molecule has 47 heavy (non-hydrogen) atoms. The molecule has 4 N–H and O–H groups in total. The number of fused-ring (bicyclic) bond motifs is 1. The molecular weight excluding hydrogens is 598 g/mol. The third-order valence-electron chi connectivity index (χ3n) is 9.07. The second kappa shape index (κ2) is 17.9. The molecule has 1 saturated carbocycles. The number of ether oxygens (including phenoxy) is 2. The van der Waals surface area contributed by atoms with E-state index < -0.39 is 12.1 Å². The Morgan fingerprint density at radius 2 is 1.68 bits per heavy atom. The number of aliphatic hydroxyl groups excluding tert-OH is 1. The quantitative estimate of drug-likeness (QED) is 0.286. The van der Waals surface area contributed by atoms with Gasteiger partial charge in [-0.3, -0.25) is 4.79 Å². The summed E-state index contributed by atoms with van der Waals surface area (Å²) >= 11 is 0. The number of aliphatic hydroxyl groups is 1. The number of nitrogens with one attached hydrogen (secondary N) is 3. The SMILES string of the molecule is C[C@@H]1CCCCO[C@@H](CN(C)C(=O)NC2CCCCC2)[C@H](C)CN([C@@H](C)CO)C(=O)c2cc(NC(=O)Nc3ccccc3)ccc2O1. The van der Waals surface area contributed by atoms with E-state index in [0.717, 1.165) is 44.9 Å². The highest BCUT2D eigenvalue weighted by Gasteiger charge is 2.31. The van der Waals surface area contributed by atoms with Crippen LogP contribution in [0.1, 0.15) is 82.5 Å². The maximum atomic E-state index is 14.3. The van der Waals surface area contributed by atoms with Gasteiger partial charge in [0.2, 0.25) is 0 Å². The lowest BCUT2D eigenvalue weighted by atomic mass is 9.96. The molecule has 11 nitrogen and oxygen atoms in total. The van der Waals surface area contributed by atoms with Gasteiger partial charge in [0, 0.05) is 50.1 Å². The zero-order valence-electron chi connectivity index (χ0n) is 28.4. The van der Waals surface area contributed by atoms with Crippen molar-refractivity contribution in [2.45, 2.75) is 96.4 Å². The van der Waals surface area contributed by atoms with Crippen molar-refractivity contribution in [1.82, 2.24) is 15.1 Å². The van der Waals surface area contributed by atoms with Crippen molar-refractivity contribution in [3.8, 4) is 5.75 Å². The van der Waals surface area contributed by atoms with E-state index in [9.17, 15) is 19.5 Å². The minimum Gasteiger partial charge on any atom is -0.490 e. The van der Waals surface area contributed by atoms with Crippen molar-refractivity contribution in [2.24, 2.45) is 5.92 Å². The Bertz CT molecular complexity index is 1300. The van der Waals surface area contributed by atoms with Crippen LogP contribution in [0.3, 0.4) is 0 Å². The number of hydrogen-bond acceptors (Lipinski definition) is 6. The molecule has 2 aliphatic rings. The fraction of sp³-hybridized carbons (Fsp3) is 0.583. The highest BCUT2D eigenvalue weighted by molar-refractivity contribution is 6.02. The minimum atomic E-state index is -0.505. The molecule has 0 spiro atoms. The molecule has 0 aromatic heterocycles. The number of carbonyl (C=O) groups is 3. The maximum absolute atomic E-state index is 14.3. The van der Waals surface area contributed by atoms with Crippen molar-refractivity contribution >= 4 is 29.3 Å². The van der Waals surface area contributed by atoms with Gasteiger partial charge in [-0.05, 0) is 76.3 Å². The largest absolute Gasteiger partial charge is 0.490 e. The van der Waals surface area contributed by atoms with Crippen LogP contribution >= 0.6 is 0 Å². The number of rotatable bonds is 7. The molecule has 2 aromatic carbocycles. The van der Waals surface area contributed by atoms with E-state index in [2.05, 4.69) is 16.0 Å². The minimum absolute atomic E-state index is 0.111. The molecule has 0 radical (unpaired) electrons. The lowest BCUT2D eigenvalue weighted by Gasteiger charge is -2.36. The molecule has 1 heterocycles. The highest BCUT2D eigenvalue weighted by atomic mass is 16.5. The molecule has 5 amide bonds. The Kier molecular flexibility index (Phi) is 13.7. The van der Waals surface area contributed by atoms with Crippen molar-refractivity contribution < 1.29 is 29.0 Å². The topological polar surface area (TPSA) is 132 Å². The van der Waals surface area contributed by atoms with Crippen LogP contribution in [0.5, 0.6) is 5.75 Å². The molecule has 0 bridgehead atoms. The first-order chi connectivity index (χ1) is 22.6. The van der Waals surface area contributed by atoms with Crippen LogP contribution in [0.4, 0.5) is 21.0 Å². The Balaban J connectivity index is 1.56. The predicted octanol–water partition coefficient (Wildman–Crippen LogP) is 6.10. The summed E-state index contributed by atoms with van der Waals surface area (Å²) in [6, 6.07) is 13.3. The summed E-state index contributed by atoms with van der Waals surface area (Å²) in [6.45, 7) is 6.72. The van der Waals surface area contributed by atoms with E-state index in [1.54, 1.807) is 54.1 Å². The standard InChI is InChI=1S/C36H53N5O6/c1-25-22-41(26(2)24-42)34(43)31-21-30(38-35(44)37-28-14-7-5-8-15-28)18-19-32(31)47-27(3)13-11-12-20-46-33(25)23-40(4)36(45)39-29-16-9-6-10-17-29/h5,7-8,14-15,18-19,21,25-27,29,33,42H,6,9-13,16-17,20,22-24H2,1-4H3,(H,39,45)(H2,37,38,44)/t25-,26+,27-,33+/m1/s1. The normalized spacial score (nSPS) is 22.2. The fourth-order valence-electron chi connectivity index (χ4n) is 6.16. The molecule has 1 fully saturated rings. The third kappa shape index (κ3) is 10.9. The van der Waals surface area contributed by atoms with Crippen LogP contribution in [0.15, 0.2) is 48.5 Å². The lowest BCUT2D eigenvalue weighted by molar-refractivity contribution is -0.0123. The van der Waals surface area contributed by atoms with Crippen molar-refractivity contribution in [1.29, 1.82) is 0 Å². The van der Waals surface area contributed by atoms with Gasteiger partial charge in [0.1, 0.15) is 5.75 Å². The van der Waals surface area contributed by atoms with E-state index in [0.29, 0.717) is 35.8 Å². The molecule has 258 valence electrons. The Labute approximate surface area is 279 Å². The van der Waals surface area contributed by atoms with Crippen LogP contribution in [0.2, 0.25) is 0 Å². The summed E-state index contributed by atoms with van der Waals surface area (Å²) in [5, 5.41) is 19.0. The molecule has 0 unspecified atom stereocenters.